The Labute approximate surface area is 158 Å². The minimum Gasteiger partial charge on any atom is -0.301 e. The van der Waals surface area contributed by atoms with Gasteiger partial charge in [-0.05, 0) is 31.2 Å². The van der Waals surface area contributed by atoms with Crippen LogP contribution in [-0.2, 0) is 4.79 Å². The van der Waals surface area contributed by atoms with E-state index in [1.807, 2.05) is 66.1 Å². The second kappa shape index (κ2) is 7.27. The molecule has 0 unspecified atom stereocenters. The van der Waals surface area contributed by atoms with Crippen LogP contribution in [0.1, 0.15) is 5.82 Å². The number of aromatic nitrogens is 4. The van der Waals surface area contributed by atoms with Crippen LogP contribution in [0.15, 0.2) is 59.8 Å². The normalized spacial score (nSPS) is 11.0. The zero-order valence-corrected chi connectivity index (χ0v) is 15.5. The van der Waals surface area contributed by atoms with E-state index in [1.54, 1.807) is 0 Å². The second-order valence-corrected chi connectivity index (χ2v) is 7.50. The zero-order valence-electron chi connectivity index (χ0n) is 13.9. The van der Waals surface area contributed by atoms with Crippen molar-refractivity contribution in [3.8, 4) is 5.69 Å². The maximum atomic E-state index is 12.3. The number of nitrogens with one attached hydrogen (secondary N) is 1. The molecule has 0 fully saturated rings. The Bertz CT molecular complexity index is 1020. The maximum absolute atomic E-state index is 12.3. The van der Waals surface area contributed by atoms with Gasteiger partial charge in [0.2, 0.25) is 5.91 Å². The first kappa shape index (κ1) is 16.7. The van der Waals surface area contributed by atoms with Gasteiger partial charge in [0.25, 0.3) is 0 Å². The number of aryl methyl sites for hydroxylation is 1. The summed E-state index contributed by atoms with van der Waals surface area (Å²) in [7, 11) is 0. The van der Waals surface area contributed by atoms with Crippen LogP contribution in [0.2, 0.25) is 0 Å². The first-order valence-corrected chi connectivity index (χ1v) is 9.76. The van der Waals surface area contributed by atoms with Gasteiger partial charge >= 0.3 is 0 Å². The summed E-state index contributed by atoms with van der Waals surface area (Å²) < 4.78 is 2.99. The molecule has 0 aliphatic heterocycles. The molecule has 0 aliphatic rings. The van der Waals surface area contributed by atoms with Crippen LogP contribution in [0.5, 0.6) is 0 Å². The number of nitrogens with zero attached hydrogens (tertiary/aromatic N) is 4. The molecule has 2 aromatic carbocycles. The molecular formula is C18H15N5OS2. The first-order chi connectivity index (χ1) is 12.7. The van der Waals surface area contributed by atoms with Crippen molar-refractivity contribution in [2.75, 3.05) is 11.1 Å². The van der Waals surface area contributed by atoms with E-state index < -0.39 is 0 Å². The van der Waals surface area contributed by atoms with E-state index in [2.05, 4.69) is 20.5 Å². The monoisotopic (exact) mass is 381 g/mol. The number of rotatable bonds is 5. The Morgan fingerprint density at radius 3 is 2.69 bits per heavy atom. The van der Waals surface area contributed by atoms with Crippen LogP contribution in [0.3, 0.4) is 0 Å². The predicted octanol–water partition coefficient (Wildman–Crippen LogP) is 3.92. The van der Waals surface area contributed by atoms with Crippen molar-refractivity contribution < 1.29 is 4.79 Å². The van der Waals surface area contributed by atoms with Gasteiger partial charge < -0.3 is 5.32 Å². The van der Waals surface area contributed by atoms with Crippen molar-refractivity contribution in [2.45, 2.75) is 12.1 Å². The summed E-state index contributed by atoms with van der Waals surface area (Å²) in [6.07, 6.45) is 0. The van der Waals surface area contributed by atoms with Crippen molar-refractivity contribution >= 4 is 44.4 Å². The largest absolute Gasteiger partial charge is 0.301 e. The van der Waals surface area contributed by atoms with Crippen LogP contribution in [0, 0.1) is 6.92 Å². The van der Waals surface area contributed by atoms with Crippen LogP contribution in [0.4, 0.5) is 5.13 Å². The van der Waals surface area contributed by atoms with Gasteiger partial charge in [-0.25, -0.2) is 4.98 Å². The highest BCUT2D eigenvalue weighted by atomic mass is 32.2. The van der Waals surface area contributed by atoms with Gasteiger partial charge in [-0.3, -0.25) is 9.36 Å². The smallest absolute Gasteiger partial charge is 0.236 e. The molecule has 2 heterocycles. The summed E-state index contributed by atoms with van der Waals surface area (Å²) in [5.74, 6) is 0.903. The van der Waals surface area contributed by atoms with E-state index in [4.69, 9.17) is 0 Å². The molecule has 0 aliphatic carbocycles. The van der Waals surface area contributed by atoms with Gasteiger partial charge in [0.1, 0.15) is 5.82 Å². The SMILES string of the molecule is Cc1nnc(SCC(=O)Nc2nc3ccccc3s2)n1-c1ccccc1. The third-order valence-electron chi connectivity index (χ3n) is 3.68. The highest BCUT2D eigenvalue weighted by molar-refractivity contribution is 7.99. The fourth-order valence-corrected chi connectivity index (χ4v) is 4.20. The van der Waals surface area contributed by atoms with Crippen molar-refractivity contribution in [2.24, 2.45) is 0 Å². The average molecular weight is 381 g/mol. The van der Waals surface area contributed by atoms with Gasteiger partial charge in [-0.2, -0.15) is 0 Å². The Kier molecular flexibility index (Phi) is 4.68. The lowest BCUT2D eigenvalue weighted by Gasteiger charge is -2.07. The van der Waals surface area contributed by atoms with Crippen molar-refractivity contribution in [3.63, 3.8) is 0 Å². The van der Waals surface area contributed by atoms with E-state index in [9.17, 15) is 4.79 Å². The topological polar surface area (TPSA) is 72.7 Å². The quantitative estimate of drug-likeness (QED) is 0.531. The molecule has 4 aromatic rings. The third-order valence-corrected chi connectivity index (χ3v) is 5.56. The molecule has 0 saturated heterocycles. The fraction of sp³-hybridized carbons (Fsp3) is 0.111. The molecule has 0 radical (unpaired) electrons. The number of benzene rings is 2. The molecule has 130 valence electrons. The molecule has 0 saturated carbocycles. The highest BCUT2D eigenvalue weighted by Gasteiger charge is 2.14. The Morgan fingerprint density at radius 2 is 1.88 bits per heavy atom. The zero-order chi connectivity index (χ0) is 17.9. The van der Waals surface area contributed by atoms with Crippen LogP contribution >= 0.6 is 23.1 Å². The number of thioether (sulfide) groups is 1. The number of thiazole rings is 1. The van der Waals surface area contributed by atoms with Crippen molar-refractivity contribution in [1.82, 2.24) is 19.7 Å². The average Bonchev–Trinajstić information content (AvgIpc) is 3.23. The van der Waals surface area contributed by atoms with Gasteiger partial charge in [0.05, 0.1) is 16.0 Å². The van der Waals surface area contributed by atoms with E-state index in [0.717, 1.165) is 21.7 Å². The number of anilines is 1. The van der Waals surface area contributed by atoms with E-state index >= 15 is 0 Å². The molecule has 1 N–H and O–H groups in total. The van der Waals surface area contributed by atoms with Gasteiger partial charge in [0, 0.05) is 5.69 Å². The number of hydrogen-bond acceptors (Lipinski definition) is 6. The van der Waals surface area contributed by atoms with Crippen molar-refractivity contribution in [3.05, 3.63) is 60.4 Å². The summed E-state index contributed by atoms with van der Waals surface area (Å²) >= 11 is 2.82. The summed E-state index contributed by atoms with van der Waals surface area (Å²) in [6, 6.07) is 17.7. The van der Waals surface area contributed by atoms with Gasteiger partial charge in [-0.15, -0.1) is 10.2 Å². The minimum absolute atomic E-state index is 0.116. The summed E-state index contributed by atoms with van der Waals surface area (Å²) in [5, 5.41) is 12.5. The minimum atomic E-state index is -0.116. The van der Waals surface area contributed by atoms with E-state index in [0.29, 0.717) is 10.3 Å². The molecule has 4 rings (SSSR count). The van der Waals surface area contributed by atoms with E-state index in [-0.39, 0.29) is 11.7 Å². The number of hydrogen-bond donors (Lipinski definition) is 1. The Hall–Kier alpha value is -2.71. The standard InChI is InChI=1S/C18H15N5OS2/c1-12-21-22-18(23(12)13-7-3-2-4-8-13)25-11-16(24)20-17-19-14-9-5-6-10-15(14)26-17/h2-10H,11H2,1H3,(H,19,20,24). The van der Waals surface area contributed by atoms with Crippen molar-refractivity contribution in [1.29, 1.82) is 0 Å². The summed E-state index contributed by atoms with van der Waals surface area (Å²) in [4.78, 5) is 16.7. The first-order valence-electron chi connectivity index (χ1n) is 7.96. The lowest BCUT2D eigenvalue weighted by molar-refractivity contribution is -0.113. The number of carbonyl (C=O) groups is 1. The van der Waals surface area contributed by atoms with Crippen LogP contribution in [-0.4, -0.2) is 31.4 Å². The molecule has 2 aromatic heterocycles. The molecule has 6 nitrogen and oxygen atoms in total. The molecule has 0 spiro atoms. The maximum Gasteiger partial charge on any atom is 0.236 e. The third kappa shape index (κ3) is 3.47. The van der Waals surface area contributed by atoms with Crippen LogP contribution < -0.4 is 5.32 Å². The lowest BCUT2D eigenvalue weighted by atomic mass is 10.3. The van der Waals surface area contributed by atoms with Crippen LogP contribution in [0.25, 0.3) is 15.9 Å². The van der Waals surface area contributed by atoms with Gasteiger partial charge in [-0.1, -0.05) is 53.4 Å². The lowest BCUT2D eigenvalue weighted by Crippen LogP contribution is -2.14. The summed E-state index contributed by atoms with van der Waals surface area (Å²) in [5.41, 5.74) is 1.86. The predicted molar refractivity (Wildman–Crippen MR) is 105 cm³/mol. The number of amides is 1. The fourth-order valence-electron chi connectivity index (χ4n) is 2.52. The van der Waals surface area contributed by atoms with E-state index in [1.165, 1.54) is 23.1 Å². The second-order valence-electron chi connectivity index (χ2n) is 5.52. The molecule has 1 amide bonds. The summed E-state index contributed by atoms with van der Waals surface area (Å²) in [6.45, 7) is 1.89. The Morgan fingerprint density at radius 1 is 1.12 bits per heavy atom. The number of carbonyl (C=O) groups excluding carboxylic acids is 1. The molecule has 8 heteroatoms. The molecule has 26 heavy (non-hydrogen) atoms. The molecule has 0 atom stereocenters. The highest BCUT2D eigenvalue weighted by Crippen LogP contribution is 2.26. The molecular weight excluding hydrogens is 366 g/mol. The number of para-hydroxylation sites is 2. The Balaban J connectivity index is 1.45. The van der Waals surface area contributed by atoms with Gasteiger partial charge in [0.15, 0.2) is 10.3 Å². The molecule has 0 bridgehead atoms. The number of fused-ring (bicyclic) bond motifs is 1.